The highest BCUT2D eigenvalue weighted by molar-refractivity contribution is 8.00. The van der Waals surface area contributed by atoms with Crippen molar-refractivity contribution in [1.29, 1.82) is 0 Å². The average molecular weight is 405 g/mol. The number of aryl methyl sites for hydroxylation is 2. The maximum Gasteiger partial charge on any atom is 0.235 e. The van der Waals surface area contributed by atoms with E-state index in [0.717, 1.165) is 11.8 Å². The molecule has 0 atom stereocenters. The Kier molecular flexibility index (Phi) is 5.99. The van der Waals surface area contributed by atoms with Crippen molar-refractivity contribution in [3.05, 3.63) is 41.7 Å². The third-order valence-corrected chi connectivity index (χ3v) is 4.39. The minimum Gasteiger partial charge on any atom is -0.360 e. The fourth-order valence-corrected chi connectivity index (χ4v) is 2.86. The van der Waals surface area contributed by atoms with Crippen LogP contribution in [0.5, 0.6) is 0 Å². The molecule has 28 heavy (non-hydrogen) atoms. The summed E-state index contributed by atoms with van der Waals surface area (Å²) in [7, 11) is 0. The minimum atomic E-state index is -0.591. The Hall–Kier alpha value is -3.28. The number of halogens is 1. The molecule has 0 aliphatic rings. The molecule has 2 N–H and O–H groups in total. The first-order valence-corrected chi connectivity index (χ1v) is 9.23. The molecular weight excluding hydrogens is 389 g/mol. The second-order valence-corrected chi connectivity index (χ2v) is 6.70. The molecule has 0 bridgehead atoms. The van der Waals surface area contributed by atoms with Gasteiger partial charge in [0.05, 0.1) is 22.9 Å². The van der Waals surface area contributed by atoms with Crippen LogP contribution in [0.4, 0.5) is 15.9 Å². The molecule has 0 saturated carbocycles. The highest BCUT2D eigenvalue weighted by atomic mass is 32.2. The van der Waals surface area contributed by atoms with E-state index in [0.29, 0.717) is 23.1 Å². The molecule has 12 heteroatoms. The maximum atomic E-state index is 14.0. The summed E-state index contributed by atoms with van der Waals surface area (Å²) >= 11 is 1.08. The highest BCUT2D eigenvalue weighted by Crippen LogP contribution is 2.19. The van der Waals surface area contributed by atoms with Gasteiger partial charge in [0.2, 0.25) is 11.8 Å². The first-order chi connectivity index (χ1) is 13.4. The van der Waals surface area contributed by atoms with E-state index in [4.69, 9.17) is 4.52 Å². The summed E-state index contributed by atoms with van der Waals surface area (Å²) in [4.78, 5) is 23.9. The molecule has 3 rings (SSSR count). The molecule has 0 radical (unpaired) electrons. The van der Waals surface area contributed by atoms with Crippen LogP contribution < -0.4 is 10.6 Å². The van der Waals surface area contributed by atoms with E-state index in [1.54, 1.807) is 19.9 Å². The molecule has 0 unspecified atom stereocenters. The van der Waals surface area contributed by atoms with Crippen LogP contribution in [0.15, 0.2) is 28.8 Å². The molecule has 0 saturated heterocycles. The number of hydrogen-bond donors (Lipinski definition) is 2. The van der Waals surface area contributed by atoms with Crippen molar-refractivity contribution in [3.63, 3.8) is 0 Å². The fourth-order valence-electron chi connectivity index (χ4n) is 2.24. The van der Waals surface area contributed by atoms with E-state index >= 15 is 0 Å². The van der Waals surface area contributed by atoms with E-state index in [1.165, 1.54) is 22.9 Å². The van der Waals surface area contributed by atoms with Crippen LogP contribution in [0.2, 0.25) is 0 Å². The number of amides is 2. The van der Waals surface area contributed by atoms with Gasteiger partial charge < -0.3 is 15.2 Å². The van der Waals surface area contributed by atoms with E-state index in [-0.39, 0.29) is 23.1 Å². The molecule has 3 aromatic rings. The van der Waals surface area contributed by atoms with Gasteiger partial charge in [-0.15, -0.1) is 16.9 Å². The molecule has 0 aliphatic heterocycles. The Morgan fingerprint density at radius 2 is 1.93 bits per heavy atom. The zero-order valence-electron chi connectivity index (χ0n) is 15.0. The van der Waals surface area contributed by atoms with Crippen molar-refractivity contribution < 1.29 is 18.5 Å². The van der Waals surface area contributed by atoms with Gasteiger partial charge in [-0.3, -0.25) is 9.59 Å². The molecule has 0 spiro atoms. The number of rotatable bonds is 7. The van der Waals surface area contributed by atoms with Crippen molar-refractivity contribution in [2.45, 2.75) is 13.8 Å². The Bertz CT molecular complexity index is 1000. The van der Waals surface area contributed by atoms with Crippen LogP contribution in [0.3, 0.4) is 0 Å². The number of nitrogens with one attached hydrogen (secondary N) is 2. The lowest BCUT2D eigenvalue weighted by molar-refractivity contribution is -0.114. The summed E-state index contributed by atoms with van der Waals surface area (Å²) in [5.41, 5.74) is 0.509. The molecule has 2 heterocycles. The van der Waals surface area contributed by atoms with Crippen LogP contribution >= 0.6 is 11.8 Å². The van der Waals surface area contributed by atoms with Crippen LogP contribution in [0.1, 0.15) is 11.6 Å². The second kappa shape index (κ2) is 8.61. The number of tetrazole rings is 1. The largest absolute Gasteiger partial charge is 0.360 e. The van der Waals surface area contributed by atoms with Gasteiger partial charge in [-0.2, -0.15) is 4.68 Å². The van der Waals surface area contributed by atoms with Crippen molar-refractivity contribution >= 4 is 35.1 Å². The molecule has 146 valence electrons. The summed E-state index contributed by atoms with van der Waals surface area (Å²) in [6, 6.07) is 5.73. The number of aromatic nitrogens is 5. The highest BCUT2D eigenvalue weighted by Gasteiger charge is 2.12. The van der Waals surface area contributed by atoms with Crippen molar-refractivity contribution in [2.24, 2.45) is 0 Å². The average Bonchev–Trinajstić information content (AvgIpc) is 3.25. The van der Waals surface area contributed by atoms with E-state index < -0.39 is 11.7 Å². The number of benzene rings is 1. The first kappa shape index (κ1) is 19.5. The maximum absolute atomic E-state index is 14.0. The fraction of sp³-hybridized carbons (Fsp3) is 0.250. The number of carbonyl (C=O) groups excluding carboxylic acids is 2. The van der Waals surface area contributed by atoms with Gasteiger partial charge in [0, 0.05) is 6.07 Å². The number of anilines is 2. The standard InChI is InChI=1S/C16H16FN7O3S/c1-9-5-14(21-27-9)19-16(26)8-28-7-15(25)18-13-6-11(3-4-12(13)17)24-10(2)20-22-23-24/h3-6H,7-8H2,1-2H3,(H,18,25)(H,19,21,26). The number of carbonyl (C=O) groups is 2. The lowest BCUT2D eigenvalue weighted by Gasteiger charge is -2.09. The predicted molar refractivity (Wildman–Crippen MR) is 99.7 cm³/mol. The summed E-state index contributed by atoms with van der Waals surface area (Å²) in [6.07, 6.45) is 0. The molecule has 10 nitrogen and oxygen atoms in total. The van der Waals surface area contributed by atoms with Crippen LogP contribution in [0.25, 0.3) is 5.69 Å². The quantitative estimate of drug-likeness (QED) is 0.608. The molecule has 0 aliphatic carbocycles. The zero-order chi connectivity index (χ0) is 20.1. The molecule has 1 aromatic carbocycles. The second-order valence-electron chi connectivity index (χ2n) is 5.71. The minimum absolute atomic E-state index is 0.000485. The SMILES string of the molecule is Cc1cc(NC(=O)CSCC(=O)Nc2cc(-n3nnnc3C)ccc2F)no1. The third-order valence-electron chi connectivity index (χ3n) is 3.46. The lowest BCUT2D eigenvalue weighted by atomic mass is 10.2. The van der Waals surface area contributed by atoms with Gasteiger partial charge in [0.1, 0.15) is 11.6 Å². The smallest absolute Gasteiger partial charge is 0.235 e. The summed E-state index contributed by atoms with van der Waals surface area (Å²) in [6.45, 7) is 3.40. The molecule has 0 fully saturated rings. The van der Waals surface area contributed by atoms with Crippen molar-refractivity contribution in [1.82, 2.24) is 25.4 Å². The van der Waals surface area contributed by atoms with Gasteiger partial charge in [0.25, 0.3) is 0 Å². The third kappa shape index (κ3) is 4.91. The van der Waals surface area contributed by atoms with Gasteiger partial charge in [-0.1, -0.05) is 5.16 Å². The van der Waals surface area contributed by atoms with E-state index in [2.05, 4.69) is 31.3 Å². The Balaban J connectivity index is 1.52. The zero-order valence-corrected chi connectivity index (χ0v) is 15.8. The Labute approximate surface area is 162 Å². The number of hydrogen-bond acceptors (Lipinski definition) is 8. The van der Waals surface area contributed by atoms with Crippen LogP contribution in [-0.4, -0.2) is 48.7 Å². The monoisotopic (exact) mass is 405 g/mol. The van der Waals surface area contributed by atoms with Gasteiger partial charge >= 0.3 is 0 Å². The van der Waals surface area contributed by atoms with Gasteiger partial charge in [-0.05, 0) is 42.5 Å². The predicted octanol–water partition coefficient (Wildman–Crippen LogP) is 1.72. The van der Waals surface area contributed by atoms with E-state index in [9.17, 15) is 14.0 Å². The molecule has 2 amide bonds. The van der Waals surface area contributed by atoms with Gasteiger partial charge in [0.15, 0.2) is 11.6 Å². The van der Waals surface area contributed by atoms with Crippen molar-refractivity contribution in [3.8, 4) is 5.69 Å². The summed E-state index contributed by atoms with van der Waals surface area (Å²) in [5.74, 6) is 0.0466. The first-order valence-electron chi connectivity index (χ1n) is 8.08. The molecule has 2 aromatic heterocycles. The molecular formula is C16H16FN7O3S. The summed E-state index contributed by atoms with van der Waals surface area (Å²) < 4.78 is 20.3. The van der Waals surface area contributed by atoms with E-state index in [1.807, 2.05) is 0 Å². The topological polar surface area (TPSA) is 128 Å². The number of nitrogens with zero attached hydrogens (tertiary/aromatic N) is 5. The Morgan fingerprint density at radius 1 is 1.18 bits per heavy atom. The van der Waals surface area contributed by atoms with Crippen molar-refractivity contribution in [2.75, 3.05) is 22.1 Å². The Morgan fingerprint density at radius 3 is 2.57 bits per heavy atom. The summed E-state index contributed by atoms with van der Waals surface area (Å²) in [5, 5.41) is 19.8. The normalized spacial score (nSPS) is 10.7. The lowest BCUT2D eigenvalue weighted by Crippen LogP contribution is -2.19. The van der Waals surface area contributed by atoms with Crippen LogP contribution in [-0.2, 0) is 9.59 Å². The van der Waals surface area contributed by atoms with Gasteiger partial charge in [-0.25, -0.2) is 4.39 Å². The van der Waals surface area contributed by atoms with Crippen LogP contribution in [0, 0.1) is 19.7 Å². The number of thioether (sulfide) groups is 1.